The molecule has 0 aliphatic carbocycles. The first kappa shape index (κ1) is 14.9. The minimum absolute atomic E-state index is 0.332. The predicted molar refractivity (Wildman–Crippen MR) is 77.6 cm³/mol. The normalized spacial score (nSPS) is 19.4. The van der Waals surface area contributed by atoms with E-state index in [0.717, 1.165) is 45.8 Å². The van der Waals surface area contributed by atoms with Gasteiger partial charge in [-0.15, -0.1) is 11.3 Å². The number of aromatic nitrogens is 1. The van der Waals surface area contributed by atoms with Crippen LogP contribution in [0.25, 0.3) is 0 Å². The molecule has 1 atom stereocenters. The Morgan fingerprint density at radius 1 is 1.58 bits per heavy atom. The topological polar surface area (TPSA) is 34.6 Å². The van der Waals surface area contributed by atoms with Gasteiger partial charge in [0, 0.05) is 30.8 Å². The first-order valence-corrected chi connectivity index (χ1v) is 7.91. The number of ether oxygens (including phenoxy) is 2. The lowest BCUT2D eigenvalue weighted by Gasteiger charge is -2.16. The van der Waals surface area contributed by atoms with Crippen LogP contribution in [0, 0.1) is 0 Å². The largest absolute Gasteiger partial charge is 0.377 e. The molecule has 1 unspecified atom stereocenters. The van der Waals surface area contributed by atoms with Crippen LogP contribution in [0.2, 0.25) is 0 Å². The fraction of sp³-hybridized carbons (Fsp3) is 0.786. The van der Waals surface area contributed by atoms with Crippen LogP contribution in [0.1, 0.15) is 29.7 Å². The molecule has 4 nitrogen and oxygen atoms in total. The van der Waals surface area contributed by atoms with Gasteiger partial charge in [-0.25, -0.2) is 4.98 Å². The highest BCUT2D eigenvalue weighted by atomic mass is 32.1. The van der Waals surface area contributed by atoms with Gasteiger partial charge in [0.25, 0.3) is 0 Å². The highest BCUT2D eigenvalue weighted by Gasteiger charge is 2.15. The van der Waals surface area contributed by atoms with Gasteiger partial charge in [0.1, 0.15) is 0 Å². The average molecular weight is 284 g/mol. The fourth-order valence-electron chi connectivity index (χ4n) is 2.14. The van der Waals surface area contributed by atoms with Gasteiger partial charge in [-0.3, -0.25) is 4.90 Å². The Hall–Kier alpha value is -0.490. The molecule has 0 radical (unpaired) electrons. The Labute approximate surface area is 119 Å². The zero-order valence-corrected chi connectivity index (χ0v) is 12.7. The standard InChI is InChI=1S/C14H24N2O2S/c1-3-14-15-9-13(19-14)10-16(2)6-8-17-11-12-5-4-7-18-12/h9,12H,3-8,10-11H2,1-2H3. The van der Waals surface area contributed by atoms with Gasteiger partial charge < -0.3 is 9.47 Å². The van der Waals surface area contributed by atoms with Crippen LogP contribution in [0.4, 0.5) is 0 Å². The van der Waals surface area contributed by atoms with Crippen molar-refractivity contribution in [3.05, 3.63) is 16.1 Å². The molecular formula is C14H24N2O2S. The molecule has 1 aliphatic rings. The molecule has 0 aromatic carbocycles. The summed E-state index contributed by atoms with van der Waals surface area (Å²) in [5, 5.41) is 1.22. The zero-order valence-electron chi connectivity index (χ0n) is 11.9. The highest BCUT2D eigenvalue weighted by Crippen LogP contribution is 2.15. The molecule has 5 heteroatoms. The first-order valence-electron chi connectivity index (χ1n) is 7.09. The van der Waals surface area contributed by atoms with Gasteiger partial charge in [-0.05, 0) is 26.3 Å². The van der Waals surface area contributed by atoms with Crippen molar-refractivity contribution in [2.24, 2.45) is 0 Å². The average Bonchev–Trinajstić information content (AvgIpc) is 3.05. The Morgan fingerprint density at radius 3 is 3.16 bits per heavy atom. The SMILES string of the molecule is CCc1ncc(CN(C)CCOCC2CCCO2)s1. The number of hydrogen-bond acceptors (Lipinski definition) is 5. The van der Waals surface area contributed by atoms with Crippen molar-refractivity contribution in [3.8, 4) is 0 Å². The van der Waals surface area contributed by atoms with E-state index in [0.29, 0.717) is 6.10 Å². The van der Waals surface area contributed by atoms with Crippen LogP contribution >= 0.6 is 11.3 Å². The fourth-order valence-corrected chi connectivity index (χ4v) is 3.08. The van der Waals surface area contributed by atoms with E-state index in [9.17, 15) is 0 Å². The van der Waals surface area contributed by atoms with Gasteiger partial charge in [0.15, 0.2) is 0 Å². The molecule has 1 saturated heterocycles. The van der Waals surface area contributed by atoms with Gasteiger partial charge >= 0.3 is 0 Å². The second-order valence-electron chi connectivity index (χ2n) is 5.02. The van der Waals surface area contributed by atoms with Crippen molar-refractivity contribution in [2.75, 3.05) is 33.4 Å². The smallest absolute Gasteiger partial charge is 0.0925 e. The van der Waals surface area contributed by atoms with Crippen molar-refractivity contribution in [1.29, 1.82) is 0 Å². The monoisotopic (exact) mass is 284 g/mol. The second-order valence-corrected chi connectivity index (χ2v) is 6.22. The minimum atomic E-state index is 0.332. The van der Waals surface area contributed by atoms with Crippen molar-refractivity contribution in [3.63, 3.8) is 0 Å². The van der Waals surface area contributed by atoms with Crippen molar-refractivity contribution >= 4 is 11.3 Å². The Balaban J connectivity index is 1.57. The van der Waals surface area contributed by atoms with E-state index in [1.54, 1.807) is 0 Å². The van der Waals surface area contributed by atoms with Crippen molar-refractivity contribution < 1.29 is 9.47 Å². The number of likely N-dealkylation sites (N-methyl/N-ethyl adjacent to an activating group) is 1. The predicted octanol–water partition coefficient (Wildman–Crippen LogP) is 2.33. The van der Waals surface area contributed by atoms with Crippen LogP contribution in [0.5, 0.6) is 0 Å². The summed E-state index contributed by atoms with van der Waals surface area (Å²) in [5.41, 5.74) is 0. The van der Waals surface area contributed by atoms with Crippen LogP contribution in [-0.2, 0) is 22.4 Å². The molecule has 2 heterocycles. The van der Waals surface area contributed by atoms with Gasteiger partial charge in [-0.2, -0.15) is 0 Å². The first-order chi connectivity index (χ1) is 9.28. The highest BCUT2D eigenvalue weighted by molar-refractivity contribution is 7.11. The summed E-state index contributed by atoms with van der Waals surface area (Å²) >= 11 is 1.81. The third kappa shape index (κ3) is 5.18. The van der Waals surface area contributed by atoms with E-state index >= 15 is 0 Å². The number of aryl methyl sites for hydroxylation is 1. The molecule has 1 aliphatic heterocycles. The zero-order chi connectivity index (χ0) is 13.5. The molecule has 0 saturated carbocycles. The van der Waals surface area contributed by atoms with Crippen LogP contribution < -0.4 is 0 Å². The van der Waals surface area contributed by atoms with Gasteiger partial charge in [0.2, 0.25) is 0 Å². The van der Waals surface area contributed by atoms with Gasteiger partial charge in [-0.1, -0.05) is 6.92 Å². The Morgan fingerprint density at radius 2 is 2.47 bits per heavy atom. The van der Waals surface area contributed by atoms with E-state index in [-0.39, 0.29) is 0 Å². The van der Waals surface area contributed by atoms with Crippen LogP contribution in [0.3, 0.4) is 0 Å². The number of rotatable bonds is 8. The van der Waals surface area contributed by atoms with E-state index < -0.39 is 0 Å². The van der Waals surface area contributed by atoms with Crippen LogP contribution in [-0.4, -0.2) is 49.4 Å². The molecule has 0 bridgehead atoms. The lowest BCUT2D eigenvalue weighted by atomic mass is 10.2. The maximum Gasteiger partial charge on any atom is 0.0925 e. The lowest BCUT2D eigenvalue weighted by Crippen LogP contribution is -2.24. The Bertz CT molecular complexity index is 364. The maximum absolute atomic E-state index is 5.67. The molecule has 0 spiro atoms. The molecule has 0 N–H and O–H groups in total. The minimum Gasteiger partial charge on any atom is -0.377 e. The summed E-state index contributed by atoms with van der Waals surface area (Å²) in [6.07, 6.45) is 5.68. The lowest BCUT2D eigenvalue weighted by molar-refractivity contribution is 0.0117. The number of hydrogen-bond donors (Lipinski definition) is 0. The molecule has 1 fully saturated rings. The summed E-state index contributed by atoms with van der Waals surface area (Å²) in [6, 6.07) is 0. The third-order valence-corrected chi connectivity index (χ3v) is 4.40. The molecular weight excluding hydrogens is 260 g/mol. The summed E-state index contributed by atoms with van der Waals surface area (Å²) in [6.45, 7) is 6.47. The van der Waals surface area contributed by atoms with E-state index in [1.807, 2.05) is 17.5 Å². The quantitative estimate of drug-likeness (QED) is 0.686. The second kappa shape index (κ2) is 7.94. The van der Waals surface area contributed by atoms with Gasteiger partial charge in [0.05, 0.1) is 24.3 Å². The molecule has 2 rings (SSSR count). The van der Waals surface area contributed by atoms with E-state index in [1.165, 1.54) is 16.3 Å². The maximum atomic E-state index is 5.67. The number of thiazole rings is 1. The van der Waals surface area contributed by atoms with Crippen LogP contribution in [0.15, 0.2) is 6.20 Å². The Kier molecular flexibility index (Phi) is 6.23. The number of nitrogens with zero attached hydrogens (tertiary/aromatic N) is 2. The molecule has 1 aromatic rings. The summed E-state index contributed by atoms with van der Waals surface area (Å²) < 4.78 is 11.2. The van der Waals surface area contributed by atoms with E-state index in [4.69, 9.17) is 9.47 Å². The molecule has 19 heavy (non-hydrogen) atoms. The van der Waals surface area contributed by atoms with Crippen molar-refractivity contribution in [1.82, 2.24) is 9.88 Å². The summed E-state index contributed by atoms with van der Waals surface area (Å²) in [5.74, 6) is 0. The van der Waals surface area contributed by atoms with E-state index in [2.05, 4.69) is 23.9 Å². The molecule has 0 amide bonds. The summed E-state index contributed by atoms with van der Waals surface area (Å²) in [4.78, 5) is 7.99. The molecule has 1 aromatic heterocycles. The molecule has 108 valence electrons. The van der Waals surface area contributed by atoms with Crippen molar-refractivity contribution in [2.45, 2.75) is 38.8 Å². The summed E-state index contributed by atoms with van der Waals surface area (Å²) in [7, 11) is 2.13. The third-order valence-electron chi connectivity index (χ3n) is 3.27.